The van der Waals surface area contributed by atoms with E-state index in [1.54, 1.807) is 7.11 Å². The quantitative estimate of drug-likeness (QED) is 0.783. The molecule has 3 heteroatoms. The van der Waals surface area contributed by atoms with Gasteiger partial charge in [0.05, 0.1) is 13.2 Å². The molecular weight excluding hydrogens is 226 g/mol. The van der Waals surface area contributed by atoms with E-state index in [4.69, 9.17) is 10.5 Å². The predicted octanol–water partition coefficient (Wildman–Crippen LogP) is 2.53. The highest BCUT2D eigenvalue weighted by Gasteiger charge is 2.23. The van der Waals surface area contributed by atoms with Crippen LogP contribution in [-0.4, -0.2) is 24.9 Å². The van der Waals surface area contributed by atoms with Crippen molar-refractivity contribution in [2.75, 3.05) is 13.7 Å². The summed E-state index contributed by atoms with van der Waals surface area (Å²) in [5, 5.41) is 10.3. The molecule has 0 amide bonds. The molecule has 3 N–H and O–H groups in total. The fourth-order valence-electron chi connectivity index (χ4n) is 2.21. The molecule has 3 atom stereocenters. The fourth-order valence-corrected chi connectivity index (χ4v) is 2.21. The van der Waals surface area contributed by atoms with Crippen LogP contribution in [0.5, 0.6) is 5.75 Å². The van der Waals surface area contributed by atoms with Crippen LogP contribution in [0.15, 0.2) is 24.3 Å². The van der Waals surface area contributed by atoms with Gasteiger partial charge in [0.15, 0.2) is 0 Å². The smallest absolute Gasteiger partial charge is 0.122 e. The molecule has 0 heterocycles. The number of aliphatic hydroxyl groups excluding tert-OH is 1. The molecule has 1 aromatic carbocycles. The van der Waals surface area contributed by atoms with Gasteiger partial charge in [0.25, 0.3) is 0 Å². The summed E-state index contributed by atoms with van der Waals surface area (Å²) in [7, 11) is 1.65. The Morgan fingerprint density at radius 1 is 1.33 bits per heavy atom. The molecule has 3 nitrogen and oxygen atoms in total. The van der Waals surface area contributed by atoms with Gasteiger partial charge < -0.3 is 15.6 Å². The standard InChI is InChI=1S/C15H25NO2/c1-4-11(2)9-14(17)13(10-16)12-7-5-6-8-15(12)18-3/h5-8,11,13-14,17H,4,9-10,16H2,1-3H3. The van der Waals surface area contributed by atoms with Crippen molar-refractivity contribution in [1.82, 2.24) is 0 Å². The number of rotatable bonds is 7. The van der Waals surface area contributed by atoms with E-state index in [2.05, 4.69) is 13.8 Å². The molecule has 0 aliphatic rings. The fraction of sp³-hybridized carbons (Fsp3) is 0.600. The van der Waals surface area contributed by atoms with Crippen LogP contribution in [-0.2, 0) is 0 Å². The molecule has 0 radical (unpaired) electrons. The Hall–Kier alpha value is -1.06. The predicted molar refractivity (Wildman–Crippen MR) is 74.9 cm³/mol. The zero-order chi connectivity index (χ0) is 13.5. The van der Waals surface area contributed by atoms with Crippen LogP contribution in [0.25, 0.3) is 0 Å². The van der Waals surface area contributed by atoms with Crippen LogP contribution in [0.4, 0.5) is 0 Å². The van der Waals surface area contributed by atoms with Crippen LogP contribution in [0.3, 0.4) is 0 Å². The lowest BCUT2D eigenvalue weighted by atomic mass is 9.87. The topological polar surface area (TPSA) is 55.5 Å². The molecule has 18 heavy (non-hydrogen) atoms. The van der Waals surface area contributed by atoms with E-state index < -0.39 is 6.10 Å². The second kappa shape index (κ2) is 7.39. The van der Waals surface area contributed by atoms with E-state index >= 15 is 0 Å². The summed E-state index contributed by atoms with van der Waals surface area (Å²) in [4.78, 5) is 0. The Balaban J connectivity index is 2.87. The summed E-state index contributed by atoms with van der Waals surface area (Å²) in [5.74, 6) is 1.25. The van der Waals surface area contributed by atoms with Crippen molar-refractivity contribution in [2.45, 2.75) is 38.7 Å². The van der Waals surface area contributed by atoms with Crippen molar-refractivity contribution in [3.63, 3.8) is 0 Å². The van der Waals surface area contributed by atoms with E-state index in [-0.39, 0.29) is 5.92 Å². The van der Waals surface area contributed by atoms with Gasteiger partial charge in [-0.05, 0) is 18.4 Å². The van der Waals surface area contributed by atoms with E-state index in [0.717, 1.165) is 24.2 Å². The summed E-state index contributed by atoms with van der Waals surface area (Å²) < 4.78 is 5.34. The van der Waals surface area contributed by atoms with Gasteiger partial charge in [0.1, 0.15) is 5.75 Å². The molecule has 0 aliphatic carbocycles. The van der Waals surface area contributed by atoms with Crippen molar-refractivity contribution in [3.8, 4) is 5.75 Å². The Labute approximate surface area is 110 Å². The number of aliphatic hydroxyl groups is 1. The highest BCUT2D eigenvalue weighted by Crippen LogP contribution is 2.30. The molecule has 0 saturated carbocycles. The lowest BCUT2D eigenvalue weighted by Gasteiger charge is -2.25. The van der Waals surface area contributed by atoms with E-state index in [0.29, 0.717) is 12.5 Å². The summed E-state index contributed by atoms with van der Waals surface area (Å²) >= 11 is 0. The van der Waals surface area contributed by atoms with Crippen molar-refractivity contribution < 1.29 is 9.84 Å². The number of ether oxygens (including phenoxy) is 1. The Kier molecular flexibility index (Phi) is 6.16. The number of para-hydroxylation sites is 1. The first-order valence-corrected chi connectivity index (χ1v) is 6.65. The van der Waals surface area contributed by atoms with Gasteiger partial charge >= 0.3 is 0 Å². The molecule has 0 fully saturated rings. The molecular formula is C15H25NO2. The van der Waals surface area contributed by atoms with Crippen LogP contribution >= 0.6 is 0 Å². The minimum Gasteiger partial charge on any atom is -0.496 e. The van der Waals surface area contributed by atoms with Crippen molar-refractivity contribution in [1.29, 1.82) is 0 Å². The summed E-state index contributed by atoms with van der Waals surface area (Å²) in [6.07, 6.45) is 1.43. The zero-order valence-electron chi connectivity index (χ0n) is 11.6. The third kappa shape index (κ3) is 3.72. The first kappa shape index (κ1) is 15.0. The van der Waals surface area contributed by atoms with Gasteiger partial charge in [-0.15, -0.1) is 0 Å². The number of hydrogen-bond donors (Lipinski definition) is 2. The van der Waals surface area contributed by atoms with Crippen LogP contribution in [0.2, 0.25) is 0 Å². The molecule has 0 aromatic heterocycles. The minimum absolute atomic E-state index is 0.0600. The van der Waals surface area contributed by atoms with Gasteiger partial charge in [-0.2, -0.15) is 0 Å². The maximum Gasteiger partial charge on any atom is 0.122 e. The third-order valence-corrected chi connectivity index (χ3v) is 3.60. The second-order valence-corrected chi connectivity index (χ2v) is 4.90. The number of nitrogens with two attached hydrogens (primary N) is 1. The van der Waals surface area contributed by atoms with Crippen LogP contribution < -0.4 is 10.5 Å². The van der Waals surface area contributed by atoms with Gasteiger partial charge in [-0.25, -0.2) is 0 Å². The highest BCUT2D eigenvalue weighted by atomic mass is 16.5. The van der Waals surface area contributed by atoms with E-state index in [9.17, 15) is 5.11 Å². The molecule has 1 aromatic rings. The van der Waals surface area contributed by atoms with Crippen molar-refractivity contribution in [2.24, 2.45) is 11.7 Å². The molecule has 0 bridgehead atoms. The molecule has 102 valence electrons. The maximum atomic E-state index is 10.3. The molecule has 0 saturated heterocycles. The summed E-state index contributed by atoms with van der Waals surface area (Å²) in [5.41, 5.74) is 6.83. The minimum atomic E-state index is -0.416. The van der Waals surface area contributed by atoms with Crippen molar-refractivity contribution >= 4 is 0 Å². The van der Waals surface area contributed by atoms with E-state index in [1.807, 2.05) is 24.3 Å². The maximum absolute atomic E-state index is 10.3. The Morgan fingerprint density at radius 3 is 2.56 bits per heavy atom. The third-order valence-electron chi connectivity index (χ3n) is 3.60. The Bertz CT molecular complexity index is 354. The lowest BCUT2D eigenvalue weighted by molar-refractivity contribution is 0.116. The lowest BCUT2D eigenvalue weighted by Crippen LogP contribution is -2.27. The average Bonchev–Trinajstić information content (AvgIpc) is 2.40. The molecule has 3 unspecified atom stereocenters. The first-order valence-electron chi connectivity index (χ1n) is 6.65. The zero-order valence-corrected chi connectivity index (χ0v) is 11.6. The molecule has 0 aliphatic heterocycles. The van der Waals surface area contributed by atoms with E-state index in [1.165, 1.54) is 0 Å². The van der Waals surface area contributed by atoms with Crippen LogP contribution in [0, 0.1) is 5.92 Å². The second-order valence-electron chi connectivity index (χ2n) is 4.90. The van der Waals surface area contributed by atoms with Gasteiger partial charge in [0, 0.05) is 18.0 Å². The largest absolute Gasteiger partial charge is 0.496 e. The van der Waals surface area contributed by atoms with Gasteiger partial charge in [-0.3, -0.25) is 0 Å². The number of hydrogen-bond acceptors (Lipinski definition) is 3. The number of methoxy groups -OCH3 is 1. The SMILES string of the molecule is CCC(C)CC(O)C(CN)c1ccccc1OC. The normalized spacial score (nSPS) is 16.1. The monoisotopic (exact) mass is 251 g/mol. The van der Waals surface area contributed by atoms with Gasteiger partial charge in [-0.1, -0.05) is 38.5 Å². The Morgan fingerprint density at radius 2 is 2.00 bits per heavy atom. The average molecular weight is 251 g/mol. The summed E-state index contributed by atoms with van der Waals surface area (Å²) in [6, 6.07) is 7.78. The summed E-state index contributed by atoms with van der Waals surface area (Å²) in [6.45, 7) is 4.72. The van der Waals surface area contributed by atoms with Crippen molar-refractivity contribution in [3.05, 3.63) is 29.8 Å². The molecule has 1 rings (SSSR count). The first-order chi connectivity index (χ1) is 8.63. The number of benzene rings is 1. The van der Waals surface area contributed by atoms with Crippen LogP contribution in [0.1, 0.15) is 38.2 Å². The highest BCUT2D eigenvalue weighted by molar-refractivity contribution is 5.37. The van der Waals surface area contributed by atoms with Gasteiger partial charge in [0.2, 0.25) is 0 Å². The molecule has 0 spiro atoms.